The lowest BCUT2D eigenvalue weighted by Gasteiger charge is -2.35. The minimum Gasteiger partial charge on any atom is -0.379 e. The lowest BCUT2D eigenvalue weighted by molar-refractivity contribution is 0.0162. The van der Waals surface area contributed by atoms with E-state index in [0.717, 1.165) is 36.3 Å². The Morgan fingerprint density at radius 1 is 1.12 bits per heavy atom. The first-order valence-corrected chi connectivity index (χ1v) is 12.7. The average molecular weight is 478 g/mol. The summed E-state index contributed by atoms with van der Waals surface area (Å²) in [6.07, 6.45) is 0. The monoisotopic (exact) mass is 477 g/mol. The molecule has 0 spiro atoms. The smallest absolute Gasteiger partial charge is 0.251 e. The number of halogens is 1. The van der Waals surface area contributed by atoms with Crippen molar-refractivity contribution in [3.8, 4) is 0 Å². The molecule has 0 aromatic heterocycles. The fraction of sp³-hybridized carbons (Fsp3) is 0.458. The van der Waals surface area contributed by atoms with Crippen LogP contribution in [0.15, 0.2) is 47.4 Å². The third-order valence-corrected chi connectivity index (χ3v) is 7.99. The number of hydrogen-bond donors (Lipinski definition) is 1. The molecule has 1 aliphatic rings. The molecule has 1 N–H and O–H groups in total. The van der Waals surface area contributed by atoms with Crippen molar-refractivity contribution in [2.75, 3.05) is 45.9 Å². The molecule has 1 fully saturated rings. The van der Waals surface area contributed by atoms with Crippen LogP contribution in [0.1, 0.15) is 41.4 Å². The molecule has 1 unspecified atom stereocenters. The van der Waals surface area contributed by atoms with Gasteiger partial charge >= 0.3 is 0 Å². The van der Waals surface area contributed by atoms with E-state index in [1.807, 2.05) is 31.2 Å². The van der Waals surface area contributed by atoms with Gasteiger partial charge in [-0.1, -0.05) is 43.7 Å². The highest BCUT2D eigenvalue weighted by atomic mass is 32.2. The minimum atomic E-state index is -4.03. The molecule has 2 aromatic carbocycles. The molecule has 180 valence electrons. The molecule has 1 aliphatic heterocycles. The summed E-state index contributed by atoms with van der Waals surface area (Å²) in [7, 11) is -4.03. The maximum absolute atomic E-state index is 14.4. The number of morpholine rings is 1. The number of ether oxygens (including phenoxy) is 1. The molecule has 3 rings (SSSR count). The van der Waals surface area contributed by atoms with Gasteiger partial charge in [0, 0.05) is 38.3 Å². The maximum Gasteiger partial charge on any atom is 0.251 e. The Kier molecular flexibility index (Phi) is 8.58. The number of carbonyl (C=O) groups is 1. The zero-order valence-electron chi connectivity index (χ0n) is 19.4. The van der Waals surface area contributed by atoms with Gasteiger partial charge in [-0.3, -0.25) is 9.69 Å². The van der Waals surface area contributed by atoms with E-state index in [1.54, 1.807) is 13.8 Å². The molecule has 1 amide bonds. The van der Waals surface area contributed by atoms with Crippen molar-refractivity contribution < 1.29 is 22.3 Å². The van der Waals surface area contributed by atoms with Crippen LogP contribution in [0.3, 0.4) is 0 Å². The summed E-state index contributed by atoms with van der Waals surface area (Å²) in [6.45, 7) is 8.90. The first-order chi connectivity index (χ1) is 15.8. The highest BCUT2D eigenvalue weighted by Gasteiger charge is 2.27. The number of nitrogens with zero attached hydrogens (tertiary/aromatic N) is 2. The fourth-order valence-electron chi connectivity index (χ4n) is 3.97. The van der Waals surface area contributed by atoms with Crippen LogP contribution < -0.4 is 5.32 Å². The molecule has 0 bridgehead atoms. The van der Waals surface area contributed by atoms with Crippen molar-refractivity contribution >= 4 is 15.9 Å². The van der Waals surface area contributed by atoms with Crippen LogP contribution in [0.5, 0.6) is 0 Å². The van der Waals surface area contributed by atoms with Gasteiger partial charge in [-0.15, -0.1) is 0 Å². The van der Waals surface area contributed by atoms with Crippen LogP contribution >= 0.6 is 0 Å². The Hall–Kier alpha value is -2.33. The molecule has 33 heavy (non-hydrogen) atoms. The summed E-state index contributed by atoms with van der Waals surface area (Å²) >= 11 is 0. The summed E-state index contributed by atoms with van der Waals surface area (Å²) < 4.78 is 46.7. The predicted octanol–water partition coefficient (Wildman–Crippen LogP) is 2.97. The molecule has 1 saturated heterocycles. The molecule has 0 saturated carbocycles. The van der Waals surface area contributed by atoms with Gasteiger partial charge in [0.2, 0.25) is 10.0 Å². The van der Waals surface area contributed by atoms with Crippen LogP contribution in [-0.4, -0.2) is 69.5 Å². The van der Waals surface area contributed by atoms with Gasteiger partial charge in [0.05, 0.1) is 19.3 Å². The summed E-state index contributed by atoms with van der Waals surface area (Å²) in [5.74, 6) is -1.32. The van der Waals surface area contributed by atoms with Crippen LogP contribution in [0.25, 0.3) is 0 Å². The molecule has 7 nitrogen and oxygen atoms in total. The number of carbonyl (C=O) groups excluding carboxylic acids is 1. The summed E-state index contributed by atoms with van der Waals surface area (Å²) in [6, 6.07) is 11.6. The summed E-state index contributed by atoms with van der Waals surface area (Å²) in [5.41, 5.74) is 2.33. The van der Waals surface area contributed by atoms with Crippen LogP contribution in [0.4, 0.5) is 4.39 Å². The Labute approximate surface area is 195 Å². The molecule has 1 atom stereocenters. The van der Waals surface area contributed by atoms with Crippen molar-refractivity contribution in [3.63, 3.8) is 0 Å². The van der Waals surface area contributed by atoms with Crippen molar-refractivity contribution in [1.82, 2.24) is 14.5 Å². The Bertz CT molecular complexity index is 1050. The van der Waals surface area contributed by atoms with Gasteiger partial charge in [-0.25, -0.2) is 12.8 Å². The molecular weight excluding hydrogens is 445 g/mol. The predicted molar refractivity (Wildman–Crippen MR) is 125 cm³/mol. The minimum absolute atomic E-state index is 0.0576. The highest BCUT2D eigenvalue weighted by molar-refractivity contribution is 7.89. The summed E-state index contributed by atoms with van der Waals surface area (Å²) in [4.78, 5) is 14.7. The zero-order valence-corrected chi connectivity index (χ0v) is 20.2. The normalized spacial score (nSPS) is 16.0. The highest BCUT2D eigenvalue weighted by Crippen LogP contribution is 2.23. The molecule has 1 heterocycles. The second kappa shape index (κ2) is 11.2. The lowest BCUT2D eigenvalue weighted by atomic mass is 10.0. The first kappa shape index (κ1) is 25.3. The lowest BCUT2D eigenvalue weighted by Crippen LogP contribution is -2.43. The quantitative estimate of drug-likeness (QED) is 0.601. The fourth-order valence-corrected chi connectivity index (χ4v) is 5.52. The number of nitrogens with one attached hydrogen (secondary N) is 1. The van der Waals surface area contributed by atoms with E-state index in [0.29, 0.717) is 19.8 Å². The van der Waals surface area contributed by atoms with Crippen LogP contribution in [-0.2, 0) is 14.8 Å². The van der Waals surface area contributed by atoms with E-state index in [2.05, 4.69) is 10.2 Å². The van der Waals surface area contributed by atoms with Crippen LogP contribution in [0, 0.1) is 12.7 Å². The zero-order chi connectivity index (χ0) is 24.0. The van der Waals surface area contributed by atoms with E-state index in [4.69, 9.17) is 4.74 Å². The molecule has 0 radical (unpaired) electrons. The third kappa shape index (κ3) is 5.97. The van der Waals surface area contributed by atoms with Crippen molar-refractivity contribution in [1.29, 1.82) is 0 Å². The standard InChI is InChI=1S/C24H32FN3O4S/c1-4-28(5-2)33(30,31)23-16-20(10-11-21(23)25)24(29)26-17-22(27-12-14-32-15-13-27)19-8-6-18(3)7-9-19/h6-11,16,22H,4-5,12-15,17H2,1-3H3,(H,26,29). The number of sulfonamides is 1. The molecule has 2 aromatic rings. The average Bonchev–Trinajstić information content (AvgIpc) is 2.81. The van der Waals surface area contributed by atoms with Gasteiger partial charge in [0.25, 0.3) is 5.91 Å². The van der Waals surface area contributed by atoms with E-state index in [-0.39, 0.29) is 24.7 Å². The third-order valence-electron chi connectivity index (χ3n) is 5.92. The van der Waals surface area contributed by atoms with Gasteiger partial charge in [-0.05, 0) is 30.7 Å². The number of benzene rings is 2. The van der Waals surface area contributed by atoms with Gasteiger partial charge in [0.1, 0.15) is 10.7 Å². The number of hydrogen-bond acceptors (Lipinski definition) is 5. The molecule has 9 heteroatoms. The van der Waals surface area contributed by atoms with E-state index < -0.39 is 26.6 Å². The SMILES string of the molecule is CCN(CC)S(=O)(=O)c1cc(C(=O)NCC(c2ccc(C)cc2)N2CCOCC2)ccc1F. The largest absolute Gasteiger partial charge is 0.379 e. The number of amides is 1. The van der Waals surface area contributed by atoms with E-state index in [9.17, 15) is 17.6 Å². The van der Waals surface area contributed by atoms with Crippen LogP contribution in [0.2, 0.25) is 0 Å². The van der Waals surface area contributed by atoms with E-state index in [1.165, 1.54) is 10.4 Å². The van der Waals surface area contributed by atoms with Crippen molar-refractivity contribution in [2.24, 2.45) is 0 Å². The number of aryl methyl sites for hydroxylation is 1. The second-order valence-electron chi connectivity index (χ2n) is 8.02. The Morgan fingerprint density at radius 3 is 2.36 bits per heavy atom. The van der Waals surface area contributed by atoms with Crippen molar-refractivity contribution in [2.45, 2.75) is 31.7 Å². The van der Waals surface area contributed by atoms with Gasteiger partial charge in [0.15, 0.2) is 0 Å². The second-order valence-corrected chi connectivity index (χ2v) is 9.93. The Morgan fingerprint density at radius 2 is 1.76 bits per heavy atom. The van der Waals surface area contributed by atoms with Crippen molar-refractivity contribution in [3.05, 3.63) is 65.0 Å². The maximum atomic E-state index is 14.4. The number of rotatable bonds is 9. The van der Waals surface area contributed by atoms with Gasteiger partial charge < -0.3 is 10.1 Å². The topological polar surface area (TPSA) is 79.0 Å². The van der Waals surface area contributed by atoms with E-state index >= 15 is 0 Å². The van der Waals surface area contributed by atoms with Gasteiger partial charge in [-0.2, -0.15) is 4.31 Å². The first-order valence-electron chi connectivity index (χ1n) is 11.2. The summed E-state index contributed by atoms with van der Waals surface area (Å²) in [5, 5.41) is 2.91. The Balaban J connectivity index is 1.81. The molecular formula is C24H32FN3O4S. The molecule has 0 aliphatic carbocycles.